The number of hydrogen-bond acceptors (Lipinski definition) is 5. The van der Waals surface area contributed by atoms with Gasteiger partial charge in [0, 0.05) is 11.5 Å². The van der Waals surface area contributed by atoms with Crippen molar-refractivity contribution in [2.24, 2.45) is 11.8 Å². The lowest BCUT2D eigenvalue weighted by atomic mass is 9.74. The average Bonchev–Trinajstić information content (AvgIpc) is 3.03. The number of hydrogen-bond donors (Lipinski definition) is 2. The van der Waals surface area contributed by atoms with Gasteiger partial charge in [-0.25, -0.2) is 4.79 Å². The van der Waals surface area contributed by atoms with E-state index in [1.54, 1.807) is 13.8 Å². The van der Waals surface area contributed by atoms with Gasteiger partial charge >= 0.3 is 5.97 Å². The minimum atomic E-state index is -1.12. The van der Waals surface area contributed by atoms with E-state index in [0.29, 0.717) is 18.4 Å². The van der Waals surface area contributed by atoms with Gasteiger partial charge in [-0.15, -0.1) is 11.6 Å². The lowest BCUT2D eigenvalue weighted by Gasteiger charge is -2.40. The number of aliphatic hydroxyl groups is 2. The second kappa shape index (κ2) is 3.65. The molecule has 0 radical (unpaired) electrons. The Hall–Kier alpha value is -0.620. The van der Waals surface area contributed by atoms with Crippen LogP contribution in [0.3, 0.4) is 0 Å². The smallest absolute Gasteiger partial charge is 0.334 e. The number of epoxide rings is 1. The minimum absolute atomic E-state index is 0.179. The third-order valence-corrected chi connectivity index (χ3v) is 6.54. The molecule has 5 nitrogen and oxygen atoms in total. The normalized spacial score (nSPS) is 61.7. The molecule has 2 aliphatic heterocycles. The third-order valence-electron chi connectivity index (χ3n) is 6.08. The third kappa shape index (κ3) is 1.37. The Bertz CT molecular complexity index is 556. The highest BCUT2D eigenvalue weighted by molar-refractivity contribution is 6.25. The van der Waals surface area contributed by atoms with Gasteiger partial charge in [0.2, 0.25) is 0 Å². The van der Waals surface area contributed by atoms with Crippen LogP contribution < -0.4 is 0 Å². The molecule has 0 bridgehead atoms. The van der Waals surface area contributed by atoms with Crippen molar-refractivity contribution in [3.05, 3.63) is 12.2 Å². The van der Waals surface area contributed by atoms with E-state index in [9.17, 15) is 15.0 Å². The van der Waals surface area contributed by atoms with Crippen LogP contribution in [-0.2, 0) is 14.3 Å². The summed E-state index contributed by atoms with van der Waals surface area (Å²) in [5.74, 6) is -1.05. The maximum Gasteiger partial charge on any atom is 0.334 e. The van der Waals surface area contributed by atoms with Crippen LogP contribution >= 0.6 is 11.6 Å². The van der Waals surface area contributed by atoms with Crippen LogP contribution in [0, 0.1) is 11.8 Å². The van der Waals surface area contributed by atoms with Gasteiger partial charge in [-0.3, -0.25) is 0 Å². The first-order valence-corrected chi connectivity index (χ1v) is 7.69. The molecule has 6 heteroatoms. The fraction of sp³-hybridized carbons (Fsp3) is 0.800. The molecule has 0 aromatic rings. The largest absolute Gasteiger partial charge is 0.458 e. The summed E-state index contributed by atoms with van der Waals surface area (Å²) in [6.45, 7) is 7.27. The molecule has 2 heterocycles. The number of carbonyl (C=O) groups excluding carboxylic acids is 1. The number of carbonyl (C=O) groups is 1. The zero-order chi connectivity index (χ0) is 15.4. The maximum atomic E-state index is 11.9. The summed E-state index contributed by atoms with van der Waals surface area (Å²) in [5, 5.41) is 21.4. The summed E-state index contributed by atoms with van der Waals surface area (Å²) >= 11 is 6.61. The Morgan fingerprint density at radius 2 is 2.10 bits per heavy atom. The van der Waals surface area contributed by atoms with Crippen LogP contribution in [0.1, 0.15) is 26.7 Å². The van der Waals surface area contributed by atoms with E-state index in [0.717, 1.165) is 0 Å². The summed E-state index contributed by atoms with van der Waals surface area (Å²) in [6.07, 6.45) is -0.854. The summed E-state index contributed by atoms with van der Waals surface area (Å²) in [4.78, 5) is 10.9. The number of esters is 1. The lowest BCUT2D eigenvalue weighted by Crippen LogP contribution is -2.54. The monoisotopic (exact) mass is 314 g/mol. The van der Waals surface area contributed by atoms with E-state index >= 15 is 0 Å². The molecule has 2 N–H and O–H groups in total. The van der Waals surface area contributed by atoms with Gasteiger partial charge in [-0.05, 0) is 26.7 Å². The van der Waals surface area contributed by atoms with Crippen LogP contribution in [0.25, 0.3) is 0 Å². The highest BCUT2D eigenvalue weighted by Crippen LogP contribution is 2.69. The summed E-state index contributed by atoms with van der Waals surface area (Å²) < 4.78 is 11.3. The molecular weight excluding hydrogens is 296 g/mol. The molecule has 0 aromatic carbocycles. The number of halogens is 1. The van der Waals surface area contributed by atoms with Crippen LogP contribution in [0.4, 0.5) is 0 Å². The van der Waals surface area contributed by atoms with E-state index in [1.165, 1.54) is 0 Å². The molecule has 116 valence electrons. The van der Waals surface area contributed by atoms with Crippen molar-refractivity contribution in [2.75, 3.05) is 0 Å². The summed E-state index contributed by atoms with van der Waals surface area (Å²) in [5.41, 5.74) is -1.63. The van der Waals surface area contributed by atoms with Crippen molar-refractivity contribution in [1.29, 1.82) is 0 Å². The van der Waals surface area contributed by atoms with Crippen molar-refractivity contribution in [3.8, 4) is 0 Å². The average molecular weight is 315 g/mol. The fourth-order valence-corrected chi connectivity index (χ4v) is 5.26. The molecule has 2 saturated heterocycles. The zero-order valence-corrected chi connectivity index (χ0v) is 12.8. The molecule has 1 spiro atoms. The van der Waals surface area contributed by atoms with Crippen molar-refractivity contribution in [3.63, 3.8) is 0 Å². The molecular formula is C15H19ClO5. The van der Waals surface area contributed by atoms with Gasteiger partial charge in [-0.2, -0.15) is 0 Å². The maximum absolute atomic E-state index is 11.9. The predicted molar refractivity (Wildman–Crippen MR) is 73.7 cm³/mol. The Morgan fingerprint density at radius 1 is 1.43 bits per heavy atom. The molecule has 0 amide bonds. The van der Waals surface area contributed by atoms with Crippen molar-refractivity contribution < 1.29 is 24.5 Å². The van der Waals surface area contributed by atoms with E-state index in [2.05, 4.69) is 6.58 Å². The van der Waals surface area contributed by atoms with Crippen LogP contribution in [0.5, 0.6) is 0 Å². The first kappa shape index (κ1) is 14.0. The molecule has 4 fully saturated rings. The number of rotatable bonds is 0. The van der Waals surface area contributed by atoms with Gasteiger partial charge in [0.15, 0.2) is 0 Å². The lowest BCUT2D eigenvalue weighted by molar-refractivity contribution is -0.147. The molecule has 8 atom stereocenters. The van der Waals surface area contributed by atoms with E-state index in [4.69, 9.17) is 21.1 Å². The van der Waals surface area contributed by atoms with E-state index < -0.39 is 46.3 Å². The molecule has 21 heavy (non-hydrogen) atoms. The topological polar surface area (TPSA) is 79.3 Å². The SMILES string of the molecule is C=C1C(=O)O[C@@H]2[C@@H]3[C@@](C)(Cl)[C@H](O)[C@@H]4O[C@]34[C@](C)(O)CC[C@@H]12. The van der Waals surface area contributed by atoms with Crippen LogP contribution in [-0.4, -0.2) is 50.6 Å². The van der Waals surface area contributed by atoms with Crippen LogP contribution in [0.15, 0.2) is 12.2 Å². The van der Waals surface area contributed by atoms with Crippen molar-refractivity contribution >= 4 is 17.6 Å². The minimum Gasteiger partial charge on any atom is -0.458 e. The van der Waals surface area contributed by atoms with Crippen molar-refractivity contribution in [1.82, 2.24) is 0 Å². The predicted octanol–water partition coefficient (Wildman–Crippen LogP) is 0.755. The van der Waals surface area contributed by atoms with Gasteiger partial charge < -0.3 is 19.7 Å². The standard InChI is InChI=1S/C15H19ClO5/c1-6-7-4-5-13(2,19)15-9(8(7)20-12(6)18)14(3,16)10(17)11(15)21-15/h7-11,17,19H,1,4-5H2,2-3H3/t7-,8-,9+,10+,11-,13+,14+,15+/m0/s1. The van der Waals surface area contributed by atoms with Crippen molar-refractivity contribution in [2.45, 2.75) is 61.1 Å². The molecule has 4 aliphatic rings. The Labute approximate surface area is 127 Å². The molecule has 4 rings (SSSR count). The van der Waals surface area contributed by atoms with Gasteiger partial charge in [0.05, 0.1) is 16.4 Å². The first-order chi connectivity index (χ1) is 9.64. The second-order valence-electron chi connectivity index (χ2n) is 7.22. The summed E-state index contributed by atoms with van der Waals surface area (Å²) in [7, 11) is 0. The zero-order valence-electron chi connectivity index (χ0n) is 12.0. The second-order valence-corrected chi connectivity index (χ2v) is 8.03. The number of fused-ring (bicyclic) bond motifs is 2. The molecule has 2 saturated carbocycles. The highest BCUT2D eigenvalue weighted by Gasteiger charge is 2.85. The molecule has 0 unspecified atom stereocenters. The number of ether oxygens (including phenoxy) is 2. The highest BCUT2D eigenvalue weighted by atomic mass is 35.5. The quantitative estimate of drug-likeness (QED) is 0.299. The fourth-order valence-electron chi connectivity index (χ4n) is 4.86. The van der Waals surface area contributed by atoms with Gasteiger partial charge in [-0.1, -0.05) is 6.58 Å². The summed E-state index contributed by atoms with van der Waals surface area (Å²) in [6, 6.07) is 0. The van der Waals surface area contributed by atoms with Gasteiger partial charge in [0.1, 0.15) is 23.9 Å². The van der Waals surface area contributed by atoms with Gasteiger partial charge in [0.25, 0.3) is 0 Å². The first-order valence-electron chi connectivity index (χ1n) is 7.31. The Balaban J connectivity index is 1.87. The Kier molecular flexibility index (Phi) is 2.43. The van der Waals surface area contributed by atoms with Crippen LogP contribution in [0.2, 0.25) is 0 Å². The molecule has 2 aliphatic carbocycles. The Morgan fingerprint density at radius 3 is 2.76 bits per heavy atom. The number of alkyl halides is 1. The molecule has 0 aromatic heterocycles. The van der Waals surface area contributed by atoms with E-state index in [1.807, 2.05) is 0 Å². The number of aliphatic hydroxyl groups excluding tert-OH is 1. The van der Waals surface area contributed by atoms with E-state index in [-0.39, 0.29) is 5.92 Å².